The summed E-state index contributed by atoms with van der Waals surface area (Å²) in [6.07, 6.45) is 13.2. The first-order chi connectivity index (χ1) is 14.7. The van der Waals surface area contributed by atoms with Crippen LogP contribution in [-0.4, -0.2) is 29.9 Å². The van der Waals surface area contributed by atoms with Gasteiger partial charge in [0.05, 0.1) is 13.7 Å². The summed E-state index contributed by atoms with van der Waals surface area (Å²) in [5.74, 6) is 0.777. The van der Waals surface area contributed by atoms with Crippen molar-refractivity contribution in [3.05, 3.63) is 29.3 Å². The van der Waals surface area contributed by atoms with Crippen molar-refractivity contribution in [3.8, 4) is 16.3 Å². The van der Waals surface area contributed by atoms with E-state index in [9.17, 15) is 4.79 Å². The van der Waals surface area contributed by atoms with E-state index in [2.05, 4.69) is 34.0 Å². The molecule has 30 heavy (non-hydrogen) atoms. The molecule has 0 aliphatic rings. The number of aromatic nitrogens is 2. The van der Waals surface area contributed by atoms with Crippen molar-refractivity contribution < 1.29 is 14.3 Å². The fraction of sp³-hybridized carbons (Fsp3) is 0.625. The standard InChI is InChI=1S/C24H36N2O3S/c1-3-4-5-7-10-13-22-25-26-24(30-22)20-15-17-21(18-16-20)29-19-12-9-6-8-11-14-23(27)28-2/h15-18H,3-14,19H2,1-2H3. The third-order valence-corrected chi connectivity index (χ3v) is 6.12. The molecule has 0 saturated heterocycles. The van der Waals surface area contributed by atoms with Gasteiger partial charge in [-0.2, -0.15) is 0 Å². The van der Waals surface area contributed by atoms with E-state index in [4.69, 9.17) is 4.74 Å². The zero-order valence-corrected chi connectivity index (χ0v) is 19.3. The molecule has 1 aromatic carbocycles. The first-order valence-electron chi connectivity index (χ1n) is 11.4. The van der Waals surface area contributed by atoms with Crippen molar-refractivity contribution in [3.63, 3.8) is 0 Å². The molecule has 0 amide bonds. The predicted molar refractivity (Wildman–Crippen MR) is 123 cm³/mol. The molecule has 6 heteroatoms. The Hall–Kier alpha value is -1.95. The lowest BCUT2D eigenvalue weighted by Gasteiger charge is -2.06. The number of rotatable bonds is 16. The van der Waals surface area contributed by atoms with E-state index in [1.165, 1.54) is 39.2 Å². The molecule has 0 aliphatic carbocycles. The SMILES string of the molecule is CCCCCCCc1nnc(-c2ccc(OCCCCCCCC(=O)OC)cc2)s1. The van der Waals surface area contributed by atoms with Gasteiger partial charge in [-0.15, -0.1) is 10.2 Å². The maximum absolute atomic E-state index is 11.0. The van der Waals surface area contributed by atoms with E-state index in [1.54, 1.807) is 11.3 Å². The quantitative estimate of drug-likeness (QED) is 0.221. The lowest BCUT2D eigenvalue weighted by Crippen LogP contribution is -1.99. The molecule has 2 aromatic rings. The maximum Gasteiger partial charge on any atom is 0.305 e. The predicted octanol–water partition coefficient (Wildman–Crippen LogP) is 6.61. The van der Waals surface area contributed by atoms with E-state index in [0.717, 1.165) is 66.5 Å². The fourth-order valence-corrected chi connectivity index (χ4v) is 4.13. The Bertz CT molecular complexity index is 715. The van der Waals surface area contributed by atoms with Gasteiger partial charge in [-0.05, 0) is 43.5 Å². The number of ether oxygens (including phenoxy) is 2. The van der Waals surface area contributed by atoms with Gasteiger partial charge in [-0.25, -0.2) is 0 Å². The molecule has 5 nitrogen and oxygen atoms in total. The zero-order valence-electron chi connectivity index (χ0n) is 18.5. The molecule has 166 valence electrons. The second kappa shape index (κ2) is 14.9. The van der Waals surface area contributed by atoms with E-state index in [0.29, 0.717) is 6.42 Å². The second-order valence-electron chi connectivity index (χ2n) is 7.63. The summed E-state index contributed by atoms with van der Waals surface area (Å²) in [5.41, 5.74) is 1.10. The zero-order chi connectivity index (χ0) is 21.4. The van der Waals surface area contributed by atoms with Gasteiger partial charge in [-0.3, -0.25) is 4.79 Å². The number of nitrogens with zero attached hydrogens (tertiary/aromatic N) is 2. The molecular formula is C24H36N2O3S. The minimum atomic E-state index is -0.117. The topological polar surface area (TPSA) is 61.3 Å². The summed E-state index contributed by atoms with van der Waals surface area (Å²) in [7, 11) is 1.44. The number of hydrogen-bond donors (Lipinski definition) is 0. The molecule has 1 heterocycles. The van der Waals surface area contributed by atoms with Gasteiger partial charge in [0.25, 0.3) is 0 Å². The molecule has 0 N–H and O–H groups in total. The number of carbonyl (C=O) groups is 1. The van der Waals surface area contributed by atoms with E-state index in [-0.39, 0.29) is 5.97 Å². The van der Waals surface area contributed by atoms with Crippen molar-refractivity contribution in [2.75, 3.05) is 13.7 Å². The molecule has 0 atom stereocenters. The summed E-state index contributed by atoms with van der Waals surface area (Å²) >= 11 is 1.70. The Morgan fingerprint density at radius 3 is 2.37 bits per heavy atom. The molecule has 0 saturated carbocycles. The normalized spacial score (nSPS) is 10.9. The number of methoxy groups -OCH3 is 1. The average Bonchev–Trinajstić information content (AvgIpc) is 3.24. The average molecular weight is 433 g/mol. The molecular weight excluding hydrogens is 396 g/mol. The molecule has 0 aliphatic heterocycles. The Balaban J connectivity index is 1.61. The second-order valence-corrected chi connectivity index (χ2v) is 8.69. The molecule has 0 spiro atoms. The summed E-state index contributed by atoms with van der Waals surface area (Å²) < 4.78 is 10.5. The summed E-state index contributed by atoms with van der Waals surface area (Å²) in [4.78, 5) is 11.0. The van der Waals surface area contributed by atoms with Crippen molar-refractivity contribution >= 4 is 17.3 Å². The molecule has 0 radical (unpaired) electrons. The van der Waals surface area contributed by atoms with Crippen LogP contribution in [0.5, 0.6) is 5.75 Å². The number of benzene rings is 1. The first kappa shape index (κ1) is 24.3. The molecule has 0 bridgehead atoms. The molecule has 1 aromatic heterocycles. The first-order valence-corrected chi connectivity index (χ1v) is 12.2. The molecule has 2 rings (SSSR count). The Morgan fingerprint density at radius 1 is 0.900 bits per heavy atom. The highest BCUT2D eigenvalue weighted by molar-refractivity contribution is 7.14. The van der Waals surface area contributed by atoms with Crippen LogP contribution in [-0.2, 0) is 16.0 Å². The Kier molecular flexibility index (Phi) is 12.1. The monoisotopic (exact) mass is 432 g/mol. The van der Waals surface area contributed by atoms with Crippen molar-refractivity contribution in [1.82, 2.24) is 10.2 Å². The van der Waals surface area contributed by atoms with Crippen LogP contribution in [0.1, 0.15) is 82.6 Å². The lowest BCUT2D eigenvalue weighted by atomic mass is 10.1. The minimum Gasteiger partial charge on any atom is -0.494 e. The van der Waals surface area contributed by atoms with Crippen molar-refractivity contribution in [2.45, 2.75) is 84.0 Å². The van der Waals surface area contributed by atoms with Crippen LogP contribution in [0.3, 0.4) is 0 Å². The van der Waals surface area contributed by atoms with Crippen LogP contribution < -0.4 is 4.74 Å². The number of aryl methyl sites for hydroxylation is 1. The van der Waals surface area contributed by atoms with Crippen LogP contribution in [0.15, 0.2) is 24.3 Å². The maximum atomic E-state index is 11.0. The van der Waals surface area contributed by atoms with E-state index in [1.807, 2.05) is 12.1 Å². The van der Waals surface area contributed by atoms with Crippen molar-refractivity contribution in [1.29, 1.82) is 0 Å². The Morgan fingerprint density at radius 2 is 1.60 bits per heavy atom. The third kappa shape index (κ3) is 9.70. The van der Waals surface area contributed by atoms with Gasteiger partial charge in [0.2, 0.25) is 0 Å². The van der Waals surface area contributed by atoms with Gasteiger partial charge in [0.15, 0.2) is 0 Å². The number of carbonyl (C=O) groups excluding carboxylic acids is 1. The summed E-state index contributed by atoms with van der Waals surface area (Å²) in [6.45, 7) is 2.96. The van der Waals surface area contributed by atoms with Gasteiger partial charge in [-0.1, -0.05) is 63.2 Å². The van der Waals surface area contributed by atoms with Crippen LogP contribution in [0.2, 0.25) is 0 Å². The number of unbranched alkanes of at least 4 members (excludes halogenated alkanes) is 8. The van der Waals surface area contributed by atoms with Crippen LogP contribution in [0.25, 0.3) is 10.6 Å². The highest BCUT2D eigenvalue weighted by Gasteiger charge is 2.07. The number of hydrogen-bond acceptors (Lipinski definition) is 6. The van der Waals surface area contributed by atoms with Gasteiger partial charge in [0.1, 0.15) is 15.8 Å². The van der Waals surface area contributed by atoms with E-state index >= 15 is 0 Å². The number of esters is 1. The third-order valence-electron chi connectivity index (χ3n) is 5.08. The highest BCUT2D eigenvalue weighted by atomic mass is 32.1. The largest absolute Gasteiger partial charge is 0.494 e. The van der Waals surface area contributed by atoms with Crippen LogP contribution >= 0.6 is 11.3 Å². The van der Waals surface area contributed by atoms with Gasteiger partial charge >= 0.3 is 5.97 Å². The molecule has 0 unspecified atom stereocenters. The van der Waals surface area contributed by atoms with Crippen LogP contribution in [0.4, 0.5) is 0 Å². The smallest absolute Gasteiger partial charge is 0.305 e. The Labute approximate surface area is 185 Å². The minimum absolute atomic E-state index is 0.117. The van der Waals surface area contributed by atoms with Gasteiger partial charge < -0.3 is 9.47 Å². The van der Waals surface area contributed by atoms with Crippen LogP contribution in [0, 0.1) is 0 Å². The highest BCUT2D eigenvalue weighted by Crippen LogP contribution is 2.26. The van der Waals surface area contributed by atoms with Crippen molar-refractivity contribution in [2.24, 2.45) is 0 Å². The summed E-state index contributed by atoms with van der Waals surface area (Å²) in [6, 6.07) is 8.15. The van der Waals surface area contributed by atoms with E-state index < -0.39 is 0 Å². The van der Waals surface area contributed by atoms with Gasteiger partial charge in [0, 0.05) is 18.4 Å². The fourth-order valence-electron chi connectivity index (χ4n) is 3.24. The summed E-state index contributed by atoms with van der Waals surface area (Å²) in [5, 5.41) is 10.8. The molecule has 0 fully saturated rings. The lowest BCUT2D eigenvalue weighted by molar-refractivity contribution is -0.140.